The molecule has 1 N–H and O–H groups in total. The van der Waals surface area contributed by atoms with E-state index in [9.17, 15) is 9.59 Å². The molecular formula is C16H24N2O3S2. The summed E-state index contributed by atoms with van der Waals surface area (Å²) >= 11 is 0. The van der Waals surface area contributed by atoms with Gasteiger partial charge in [0.05, 0.1) is 13.2 Å². The topological polar surface area (TPSA) is 68.3 Å². The first-order valence-electron chi connectivity index (χ1n) is 7.67. The van der Waals surface area contributed by atoms with Gasteiger partial charge in [0.1, 0.15) is 10.8 Å². The van der Waals surface area contributed by atoms with E-state index in [-0.39, 0.29) is 17.6 Å². The molecule has 7 heteroatoms. The lowest BCUT2D eigenvalue weighted by atomic mass is 10.1. The van der Waals surface area contributed by atoms with Crippen molar-refractivity contribution in [3.05, 3.63) is 24.4 Å². The van der Waals surface area contributed by atoms with Crippen molar-refractivity contribution in [1.82, 2.24) is 10.3 Å². The van der Waals surface area contributed by atoms with E-state index in [4.69, 9.17) is 4.74 Å². The van der Waals surface area contributed by atoms with Gasteiger partial charge in [0.2, 0.25) is 5.91 Å². The first-order valence-corrected chi connectivity index (χ1v) is 9.99. The third kappa shape index (κ3) is 10.4. The molecule has 0 bridgehead atoms. The number of carbonyl (C=O) groups is 2. The second-order valence-corrected chi connectivity index (χ2v) is 7.59. The van der Waals surface area contributed by atoms with E-state index in [1.54, 1.807) is 27.8 Å². The van der Waals surface area contributed by atoms with Crippen molar-refractivity contribution < 1.29 is 14.3 Å². The Labute approximate surface area is 145 Å². The molecule has 0 aliphatic rings. The van der Waals surface area contributed by atoms with Gasteiger partial charge in [0.25, 0.3) is 0 Å². The van der Waals surface area contributed by atoms with Crippen LogP contribution in [-0.2, 0) is 14.3 Å². The van der Waals surface area contributed by atoms with Crippen LogP contribution in [0.1, 0.15) is 26.7 Å². The van der Waals surface area contributed by atoms with Crippen LogP contribution >= 0.6 is 21.6 Å². The maximum absolute atomic E-state index is 11.6. The van der Waals surface area contributed by atoms with Crippen LogP contribution in [0.25, 0.3) is 0 Å². The molecule has 1 aromatic rings. The monoisotopic (exact) mass is 356 g/mol. The number of hydrogen-bond donors (Lipinski definition) is 1. The van der Waals surface area contributed by atoms with Crippen molar-refractivity contribution >= 4 is 33.3 Å². The molecule has 0 saturated carbocycles. The summed E-state index contributed by atoms with van der Waals surface area (Å²) in [5, 5.41) is 3.75. The first kappa shape index (κ1) is 20.0. The molecule has 0 unspecified atom stereocenters. The summed E-state index contributed by atoms with van der Waals surface area (Å²) in [7, 11) is 3.18. The number of Topliss-reactive ketones (excluding diaryl/α,β-unsaturated/α-hetero) is 1. The average Bonchev–Trinajstić information content (AvgIpc) is 2.55. The lowest BCUT2D eigenvalue weighted by molar-refractivity contribution is -0.123. The Balaban J connectivity index is 1.93. The van der Waals surface area contributed by atoms with Crippen LogP contribution in [0.3, 0.4) is 0 Å². The molecule has 128 valence electrons. The van der Waals surface area contributed by atoms with E-state index >= 15 is 0 Å². The molecule has 0 fully saturated rings. The van der Waals surface area contributed by atoms with E-state index in [1.165, 1.54) is 0 Å². The first-order chi connectivity index (χ1) is 11.1. The molecule has 5 nitrogen and oxygen atoms in total. The number of ether oxygens (including phenoxy) is 1. The molecule has 0 saturated heterocycles. The Bertz CT molecular complexity index is 470. The van der Waals surface area contributed by atoms with Crippen molar-refractivity contribution in [2.24, 2.45) is 5.92 Å². The predicted octanol–water partition coefficient (Wildman–Crippen LogP) is 2.96. The minimum Gasteiger partial charge on any atom is -0.379 e. The number of nitrogens with zero attached hydrogens (tertiary/aromatic N) is 1. The zero-order valence-electron chi connectivity index (χ0n) is 13.6. The molecular weight excluding hydrogens is 332 g/mol. The number of rotatable bonds is 12. The summed E-state index contributed by atoms with van der Waals surface area (Å²) in [5.74, 6) is 1.01. The molecule has 1 amide bonds. The van der Waals surface area contributed by atoms with Crippen LogP contribution in [0.4, 0.5) is 0 Å². The molecule has 0 aliphatic carbocycles. The lowest BCUT2D eigenvalue weighted by Gasteiger charge is -2.07. The van der Waals surface area contributed by atoms with Gasteiger partial charge in [0.15, 0.2) is 0 Å². The maximum atomic E-state index is 11.6. The molecule has 0 aliphatic heterocycles. The Morgan fingerprint density at radius 2 is 2.09 bits per heavy atom. The summed E-state index contributed by atoms with van der Waals surface area (Å²) < 4.78 is 5.34. The normalized spacial score (nSPS) is 10.7. The van der Waals surface area contributed by atoms with E-state index in [1.807, 2.05) is 32.0 Å². The maximum Gasteiger partial charge on any atom is 0.220 e. The zero-order valence-corrected chi connectivity index (χ0v) is 15.3. The Morgan fingerprint density at radius 3 is 2.78 bits per heavy atom. The fourth-order valence-corrected chi connectivity index (χ4v) is 3.42. The predicted molar refractivity (Wildman–Crippen MR) is 95.5 cm³/mol. The molecule has 0 spiro atoms. The van der Waals surface area contributed by atoms with Gasteiger partial charge in [-0.05, 0) is 22.9 Å². The smallest absolute Gasteiger partial charge is 0.220 e. The Morgan fingerprint density at radius 1 is 1.26 bits per heavy atom. The Kier molecular flexibility index (Phi) is 10.8. The van der Waals surface area contributed by atoms with Crippen LogP contribution in [0.5, 0.6) is 0 Å². The SMILES string of the molecule is CC(C)C(=O)CCOCCNC(=O)CCSSc1ccccn1. The molecule has 1 heterocycles. The number of pyridine rings is 1. The van der Waals surface area contributed by atoms with Gasteiger partial charge in [-0.3, -0.25) is 9.59 Å². The van der Waals surface area contributed by atoms with Crippen molar-refractivity contribution in [2.75, 3.05) is 25.5 Å². The summed E-state index contributed by atoms with van der Waals surface area (Å²) in [5.41, 5.74) is 0. The van der Waals surface area contributed by atoms with Gasteiger partial charge in [-0.1, -0.05) is 30.7 Å². The third-order valence-corrected chi connectivity index (χ3v) is 5.17. The van der Waals surface area contributed by atoms with Crippen LogP contribution in [0.15, 0.2) is 29.4 Å². The summed E-state index contributed by atoms with van der Waals surface area (Å²) in [4.78, 5) is 27.2. The highest BCUT2D eigenvalue weighted by Crippen LogP contribution is 2.29. The molecule has 1 rings (SSSR count). The molecule has 0 atom stereocenters. The van der Waals surface area contributed by atoms with E-state index in [0.29, 0.717) is 32.6 Å². The van der Waals surface area contributed by atoms with Crippen molar-refractivity contribution in [1.29, 1.82) is 0 Å². The van der Waals surface area contributed by atoms with Crippen LogP contribution < -0.4 is 5.32 Å². The number of nitrogens with one attached hydrogen (secondary N) is 1. The number of amides is 1. The van der Waals surface area contributed by atoms with Crippen LogP contribution in [0, 0.1) is 5.92 Å². The zero-order chi connectivity index (χ0) is 16.9. The van der Waals surface area contributed by atoms with Crippen molar-refractivity contribution in [3.8, 4) is 0 Å². The Hall–Kier alpha value is -1.05. The minimum atomic E-state index is 0.0148. The average molecular weight is 357 g/mol. The minimum absolute atomic E-state index is 0.0148. The third-order valence-electron chi connectivity index (χ3n) is 2.90. The second-order valence-electron chi connectivity index (χ2n) is 5.16. The molecule has 1 aromatic heterocycles. The lowest BCUT2D eigenvalue weighted by Crippen LogP contribution is -2.27. The number of carbonyl (C=O) groups excluding carboxylic acids is 2. The highest BCUT2D eigenvalue weighted by molar-refractivity contribution is 8.76. The standard InChI is InChI=1S/C16H24N2O3S2/c1-13(2)14(19)6-10-21-11-9-17-15(20)7-12-22-23-16-5-3-4-8-18-16/h3-5,8,13H,6-7,9-12H2,1-2H3,(H,17,20). The van der Waals surface area contributed by atoms with Gasteiger partial charge in [0, 0.05) is 37.3 Å². The summed E-state index contributed by atoms with van der Waals surface area (Å²) in [6.45, 7) is 5.10. The summed E-state index contributed by atoms with van der Waals surface area (Å²) in [6, 6.07) is 5.76. The van der Waals surface area contributed by atoms with Gasteiger partial charge >= 0.3 is 0 Å². The van der Waals surface area contributed by atoms with Gasteiger partial charge in [-0.15, -0.1) is 0 Å². The molecule has 0 radical (unpaired) electrons. The van der Waals surface area contributed by atoms with Crippen molar-refractivity contribution in [2.45, 2.75) is 31.7 Å². The van der Waals surface area contributed by atoms with Crippen molar-refractivity contribution in [3.63, 3.8) is 0 Å². The van der Waals surface area contributed by atoms with Gasteiger partial charge < -0.3 is 10.1 Å². The number of hydrogen-bond acceptors (Lipinski definition) is 6. The van der Waals surface area contributed by atoms with E-state index in [0.717, 1.165) is 10.8 Å². The van der Waals surface area contributed by atoms with Gasteiger partial charge in [-0.2, -0.15) is 0 Å². The highest BCUT2D eigenvalue weighted by atomic mass is 33.1. The number of aromatic nitrogens is 1. The highest BCUT2D eigenvalue weighted by Gasteiger charge is 2.06. The van der Waals surface area contributed by atoms with Crippen LogP contribution in [-0.4, -0.2) is 42.2 Å². The second kappa shape index (κ2) is 12.4. The number of ketones is 1. The fourth-order valence-electron chi connectivity index (χ4n) is 1.55. The fraction of sp³-hybridized carbons (Fsp3) is 0.562. The largest absolute Gasteiger partial charge is 0.379 e. The van der Waals surface area contributed by atoms with E-state index < -0.39 is 0 Å². The molecule has 23 heavy (non-hydrogen) atoms. The quantitative estimate of drug-likeness (QED) is 0.459. The molecule has 0 aromatic carbocycles. The van der Waals surface area contributed by atoms with Crippen LogP contribution in [0.2, 0.25) is 0 Å². The van der Waals surface area contributed by atoms with Gasteiger partial charge in [-0.25, -0.2) is 4.98 Å². The van der Waals surface area contributed by atoms with E-state index in [2.05, 4.69) is 10.3 Å². The summed E-state index contributed by atoms with van der Waals surface area (Å²) in [6.07, 6.45) is 2.66.